The molecule has 4 rings (SSSR count). The number of allylic oxidation sites excluding steroid dienone is 3. The van der Waals surface area contributed by atoms with Gasteiger partial charge in [-0.05, 0) is 80.1 Å². The van der Waals surface area contributed by atoms with Crippen molar-refractivity contribution in [2.45, 2.75) is 60.8 Å². The lowest BCUT2D eigenvalue weighted by atomic mass is 9.86. The molecule has 0 spiro atoms. The van der Waals surface area contributed by atoms with Gasteiger partial charge in [0.15, 0.2) is 5.78 Å². The van der Waals surface area contributed by atoms with Crippen LogP contribution in [0.5, 0.6) is 5.75 Å². The van der Waals surface area contributed by atoms with E-state index in [1.54, 1.807) is 25.3 Å². The molecule has 0 heterocycles. The van der Waals surface area contributed by atoms with E-state index in [-0.39, 0.29) is 31.9 Å². The Morgan fingerprint density at radius 2 is 1.79 bits per heavy atom. The zero-order valence-corrected chi connectivity index (χ0v) is 25.2. The Kier molecular flexibility index (Phi) is 12.3. The number of carbonyl (C=O) groups excluding carboxylic acids is 1. The van der Waals surface area contributed by atoms with Crippen molar-refractivity contribution in [3.05, 3.63) is 125 Å². The minimum Gasteiger partial charge on any atom is -0.496 e. The molecule has 0 bridgehead atoms. The maximum absolute atomic E-state index is 13.8. The monoisotopic (exact) mass is 566 g/mol. The van der Waals surface area contributed by atoms with Crippen LogP contribution in [0.2, 0.25) is 0 Å². The van der Waals surface area contributed by atoms with Crippen molar-refractivity contribution in [3.8, 4) is 17.6 Å². The van der Waals surface area contributed by atoms with E-state index in [1.807, 2.05) is 39.8 Å². The van der Waals surface area contributed by atoms with E-state index in [9.17, 15) is 9.18 Å². The Labute approximate surface area is 254 Å². The van der Waals surface area contributed by atoms with Crippen LogP contribution in [0.1, 0.15) is 94.8 Å². The Balaban J connectivity index is 0.00000226. The zero-order valence-electron chi connectivity index (χ0n) is 25.2. The number of ketones is 1. The summed E-state index contributed by atoms with van der Waals surface area (Å²) in [6.07, 6.45) is 4.76. The van der Waals surface area contributed by atoms with Gasteiger partial charge in [0.1, 0.15) is 11.6 Å². The van der Waals surface area contributed by atoms with Gasteiger partial charge in [-0.1, -0.05) is 93.8 Å². The molecule has 3 heteroatoms. The lowest BCUT2D eigenvalue weighted by molar-refractivity contribution is 0.0966. The minimum atomic E-state index is -0.396. The van der Waals surface area contributed by atoms with Gasteiger partial charge in [-0.3, -0.25) is 4.79 Å². The van der Waals surface area contributed by atoms with Crippen LogP contribution in [-0.2, 0) is 0 Å². The fourth-order valence-corrected chi connectivity index (χ4v) is 5.18. The second-order valence-corrected chi connectivity index (χ2v) is 10.7. The summed E-state index contributed by atoms with van der Waals surface area (Å²) >= 11 is 0. The molecule has 3 aromatic carbocycles. The molecule has 0 fully saturated rings. The van der Waals surface area contributed by atoms with Crippen LogP contribution >= 0.6 is 0 Å². The van der Waals surface area contributed by atoms with Crippen molar-refractivity contribution in [3.63, 3.8) is 0 Å². The number of halogens is 1. The molecule has 0 N–H and O–H groups in total. The Bertz CT molecular complexity index is 1500. The van der Waals surface area contributed by atoms with E-state index in [2.05, 4.69) is 68.3 Å². The smallest absolute Gasteiger partial charge is 0.163 e. The molecule has 3 aromatic rings. The number of ether oxygens (including phenoxy) is 1. The molecular formula is C39H47FO2. The summed E-state index contributed by atoms with van der Waals surface area (Å²) in [5, 5.41) is 0. The van der Waals surface area contributed by atoms with Crippen LogP contribution in [0.25, 0.3) is 11.6 Å². The van der Waals surface area contributed by atoms with Gasteiger partial charge in [-0.15, -0.1) is 6.58 Å². The number of methoxy groups -OCH3 is 1. The standard InChI is InChI=1S/C36H35FO2.C2H6.CH4.H2/c1-7-26-16-17-29(23-34(26)39-6)35-24(3)30(22-33(38)28-10-9-11-31(37)20-28)21-32(35)27-14-12-25(13-15-27)18-19-36(4,5)8-2;1-2;;/h7-17,20,23,30,32H,1-2,21-22H2,3-6H3;1-2H3;1H4;1H. The second-order valence-electron chi connectivity index (χ2n) is 10.7. The first-order valence-electron chi connectivity index (χ1n) is 14.2. The molecule has 0 radical (unpaired) electrons. The van der Waals surface area contributed by atoms with Crippen molar-refractivity contribution in [2.75, 3.05) is 7.11 Å². The molecule has 2 atom stereocenters. The highest BCUT2D eigenvalue weighted by molar-refractivity contribution is 5.97. The van der Waals surface area contributed by atoms with Crippen molar-refractivity contribution in [1.82, 2.24) is 0 Å². The van der Waals surface area contributed by atoms with Gasteiger partial charge in [0.25, 0.3) is 0 Å². The van der Waals surface area contributed by atoms with Gasteiger partial charge in [0, 0.05) is 35.9 Å². The molecule has 0 aliphatic heterocycles. The van der Waals surface area contributed by atoms with Gasteiger partial charge >= 0.3 is 0 Å². The van der Waals surface area contributed by atoms with E-state index < -0.39 is 5.82 Å². The first-order chi connectivity index (χ1) is 19.7. The maximum atomic E-state index is 13.8. The van der Waals surface area contributed by atoms with Gasteiger partial charge in [0.2, 0.25) is 0 Å². The van der Waals surface area contributed by atoms with Gasteiger partial charge in [0.05, 0.1) is 7.11 Å². The third-order valence-corrected chi connectivity index (χ3v) is 7.60. The van der Waals surface area contributed by atoms with Crippen molar-refractivity contribution < 1.29 is 15.3 Å². The van der Waals surface area contributed by atoms with Crippen LogP contribution in [0, 0.1) is 29.0 Å². The fourth-order valence-electron chi connectivity index (χ4n) is 5.18. The molecule has 2 unspecified atom stereocenters. The van der Waals surface area contributed by atoms with E-state index in [4.69, 9.17) is 4.74 Å². The molecule has 0 saturated carbocycles. The topological polar surface area (TPSA) is 26.3 Å². The molecule has 222 valence electrons. The summed E-state index contributed by atoms with van der Waals surface area (Å²) in [6.45, 7) is 18.0. The van der Waals surface area contributed by atoms with Gasteiger partial charge in [-0.2, -0.15) is 0 Å². The highest BCUT2D eigenvalue weighted by Gasteiger charge is 2.34. The predicted octanol–water partition coefficient (Wildman–Crippen LogP) is 10.8. The molecule has 0 saturated heterocycles. The maximum Gasteiger partial charge on any atom is 0.163 e. The highest BCUT2D eigenvalue weighted by atomic mass is 19.1. The third-order valence-electron chi connectivity index (χ3n) is 7.60. The van der Waals surface area contributed by atoms with Crippen molar-refractivity contribution in [2.24, 2.45) is 11.3 Å². The quantitative estimate of drug-likeness (QED) is 0.154. The van der Waals surface area contributed by atoms with Crippen LogP contribution in [0.4, 0.5) is 4.39 Å². The van der Waals surface area contributed by atoms with Gasteiger partial charge in [-0.25, -0.2) is 4.39 Å². The Hall–Kier alpha value is -4.16. The molecule has 42 heavy (non-hydrogen) atoms. The van der Waals surface area contributed by atoms with Crippen LogP contribution in [0.3, 0.4) is 0 Å². The fraction of sp³-hybridized carbons (Fsp3) is 0.308. The molecule has 2 nitrogen and oxygen atoms in total. The summed E-state index contributed by atoms with van der Waals surface area (Å²) < 4.78 is 19.4. The third kappa shape index (κ3) is 7.98. The number of rotatable bonds is 8. The van der Waals surface area contributed by atoms with Crippen LogP contribution in [0.15, 0.2) is 91.5 Å². The van der Waals surface area contributed by atoms with Gasteiger partial charge < -0.3 is 4.74 Å². The summed E-state index contributed by atoms with van der Waals surface area (Å²) in [5.74, 6) is 6.98. The van der Waals surface area contributed by atoms with Crippen LogP contribution < -0.4 is 4.74 Å². The average Bonchev–Trinajstić information content (AvgIpc) is 3.32. The first-order valence-corrected chi connectivity index (χ1v) is 14.2. The summed E-state index contributed by atoms with van der Waals surface area (Å²) in [6, 6.07) is 20.5. The number of carbonyl (C=O) groups is 1. The average molecular weight is 567 g/mol. The summed E-state index contributed by atoms with van der Waals surface area (Å²) in [4.78, 5) is 13.1. The largest absolute Gasteiger partial charge is 0.496 e. The van der Waals surface area contributed by atoms with E-state index >= 15 is 0 Å². The van der Waals surface area contributed by atoms with Crippen LogP contribution in [-0.4, -0.2) is 12.9 Å². The molecule has 1 aliphatic rings. The zero-order chi connectivity index (χ0) is 30.2. The normalized spacial score (nSPS) is 15.8. The lowest BCUT2D eigenvalue weighted by Gasteiger charge is -2.18. The Morgan fingerprint density at radius 1 is 1.10 bits per heavy atom. The van der Waals surface area contributed by atoms with E-state index in [0.717, 1.165) is 28.9 Å². The van der Waals surface area contributed by atoms with E-state index in [1.165, 1.54) is 28.8 Å². The molecular weight excluding hydrogens is 519 g/mol. The van der Waals surface area contributed by atoms with E-state index in [0.29, 0.717) is 12.0 Å². The SMILES string of the molecule is C.C=Cc1ccc(C2=C(C)C(CC(=O)c3cccc(F)c3)CC2c2ccc(C#CC(C)(C)C=C)cc2)cc1OC.CC.[HH]. The first kappa shape index (κ1) is 34.0. The number of Topliss-reactive ketones (excluding diaryl/α,β-unsaturated/α-hetero) is 1. The summed E-state index contributed by atoms with van der Waals surface area (Å²) in [5.41, 5.74) is 6.65. The highest BCUT2D eigenvalue weighted by Crippen LogP contribution is 2.50. The minimum absolute atomic E-state index is 0. The Morgan fingerprint density at radius 3 is 2.38 bits per heavy atom. The number of hydrogen-bond acceptors (Lipinski definition) is 2. The summed E-state index contributed by atoms with van der Waals surface area (Å²) in [7, 11) is 1.66. The van der Waals surface area contributed by atoms with Crippen molar-refractivity contribution >= 4 is 17.4 Å². The molecule has 1 aliphatic carbocycles. The lowest BCUT2D eigenvalue weighted by Crippen LogP contribution is -2.09. The van der Waals surface area contributed by atoms with Crippen molar-refractivity contribution in [1.29, 1.82) is 0 Å². The molecule has 0 amide bonds. The number of benzene rings is 3. The molecule has 0 aromatic heterocycles. The predicted molar refractivity (Wildman–Crippen MR) is 179 cm³/mol. The number of hydrogen-bond donors (Lipinski definition) is 0. The second kappa shape index (κ2) is 15.2.